The van der Waals surface area contributed by atoms with E-state index in [2.05, 4.69) is 11.8 Å². The summed E-state index contributed by atoms with van der Waals surface area (Å²) in [6.45, 7) is 8.23. The maximum Gasteiger partial charge on any atom is 0.247 e. The number of piperidine rings is 1. The monoisotopic (exact) mass is 467 g/mol. The second kappa shape index (κ2) is 10.8. The number of hydrogen-bond acceptors (Lipinski definition) is 4. The molecule has 8 heteroatoms. The maximum atomic E-state index is 12.8. The first-order valence-corrected chi connectivity index (χ1v) is 11.6. The van der Waals surface area contributed by atoms with E-state index >= 15 is 0 Å². The lowest BCUT2D eigenvalue weighted by Crippen LogP contribution is -2.57. The molecule has 0 aromatic heterocycles. The molecule has 6 nitrogen and oxygen atoms in total. The quantitative estimate of drug-likeness (QED) is 0.652. The van der Waals surface area contributed by atoms with Crippen molar-refractivity contribution in [1.29, 1.82) is 0 Å². The molecule has 1 N–H and O–H groups in total. The van der Waals surface area contributed by atoms with Crippen LogP contribution in [0.2, 0.25) is 10.0 Å². The van der Waals surface area contributed by atoms with E-state index in [0.717, 1.165) is 31.5 Å². The lowest BCUT2D eigenvalue weighted by molar-refractivity contribution is -0.148. The molecule has 0 radical (unpaired) electrons. The van der Waals surface area contributed by atoms with Crippen molar-refractivity contribution in [1.82, 2.24) is 14.7 Å². The first-order valence-electron chi connectivity index (χ1n) is 10.9. The van der Waals surface area contributed by atoms with Crippen LogP contribution in [0, 0.1) is 5.92 Å². The van der Waals surface area contributed by atoms with Gasteiger partial charge < -0.3 is 19.8 Å². The minimum absolute atomic E-state index is 0.0189. The predicted octanol–water partition coefficient (Wildman–Crippen LogP) is 3.16. The Bertz CT molecular complexity index is 822. The number of β-amino-alcohol motifs (C(OH)–C–C–N with tert-alkyl or cyclic N) is 1. The Morgan fingerprint density at radius 1 is 1.16 bits per heavy atom. The van der Waals surface area contributed by atoms with Gasteiger partial charge >= 0.3 is 0 Å². The highest BCUT2D eigenvalue weighted by Gasteiger charge is 2.33. The number of aliphatic hydroxyl groups excluding tert-OH is 1. The van der Waals surface area contributed by atoms with Crippen molar-refractivity contribution in [3.8, 4) is 0 Å². The molecule has 2 aliphatic rings. The fraction of sp³-hybridized carbons (Fsp3) is 0.565. The fourth-order valence-corrected chi connectivity index (χ4v) is 4.73. The Balaban J connectivity index is 1.48. The third kappa shape index (κ3) is 6.45. The van der Waals surface area contributed by atoms with Crippen molar-refractivity contribution in [2.75, 3.05) is 39.3 Å². The van der Waals surface area contributed by atoms with Crippen molar-refractivity contribution in [2.24, 2.45) is 5.92 Å². The smallest absolute Gasteiger partial charge is 0.247 e. The van der Waals surface area contributed by atoms with Crippen molar-refractivity contribution >= 4 is 41.1 Å². The summed E-state index contributed by atoms with van der Waals surface area (Å²) in [7, 11) is 0. The first kappa shape index (κ1) is 24.1. The highest BCUT2D eigenvalue weighted by molar-refractivity contribution is 6.42. The van der Waals surface area contributed by atoms with E-state index in [1.807, 2.05) is 4.90 Å². The van der Waals surface area contributed by atoms with Gasteiger partial charge in [0.05, 0.1) is 16.1 Å². The molecule has 2 fully saturated rings. The molecule has 1 aromatic carbocycles. The van der Waals surface area contributed by atoms with E-state index in [4.69, 9.17) is 23.2 Å². The van der Waals surface area contributed by atoms with Gasteiger partial charge in [0.2, 0.25) is 11.8 Å². The molecule has 2 amide bonds. The second-order valence-electron chi connectivity index (χ2n) is 8.65. The third-order valence-electron chi connectivity index (χ3n) is 6.01. The SMILES string of the molecule is CC1C(=O)N(CCCN2C[C@@H](C)C[C@H](O)C2)CCN1C(=O)/C=C/c1ccc(Cl)c(Cl)c1. The highest BCUT2D eigenvalue weighted by atomic mass is 35.5. The number of carbonyl (C=O) groups excluding carboxylic acids is 2. The van der Waals surface area contributed by atoms with E-state index in [1.54, 1.807) is 36.1 Å². The molecular weight excluding hydrogens is 437 g/mol. The zero-order valence-electron chi connectivity index (χ0n) is 18.1. The number of amides is 2. The number of carbonyl (C=O) groups is 2. The summed E-state index contributed by atoms with van der Waals surface area (Å²) in [4.78, 5) is 31.2. The minimum Gasteiger partial charge on any atom is -0.392 e. The van der Waals surface area contributed by atoms with Crippen LogP contribution in [0.1, 0.15) is 32.3 Å². The summed E-state index contributed by atoms with van der Waals surface area (Å²) in [6.07, 6.45) is 4.63. The van der Waals surface area contributed by atoms with Crippen LogP contribution in [0.5, 0.6) is 0 Å². The van der Waals surface area contributed by atoms with Crippen LogP contribution in [0.3, 0.4) is 0 Å². The Labute approximate surface area is 194 Å². The van der Waals surface area contributed by atoms with Gasteiger partial charge in [-0.05, 0) is 56.0 Å². The number of nitrogens with zero attached hydrogens (tertiary/aromatic N) is 3. The van der Waals surface area contributed by atoms with Gasteiger partial charge in [0, 0.05) is 38.8 Å². The highest BCUT2D eigenvalue weighted by Crippen LogP contribution is 2.23. The van der Waals surface area contributed by atoms with Gasteiger partial charge in [-0.2, -0.15) is 0 Å². The largest absolute Gasteiger partial charge is 0.392 e. The summed E-state index contributed by atoms with van der Waals surface area (Å²) in [5.41, 5.74) is 0.775. The van der Waals surface area contributed by atoms with Crippen molar-refractivity contribution < 1.29 is 14.7 Å². The Hall–Kier alpha value is -1.60. The normalized spacial score (nSPS) is 25.5. The molecule has 170 valence electrons. The number of likely N-dealkylation sites (tertiary alicyclic amines) is 1. The molecule has 0 spiro atoms. The summed E-state index contributed by atoms with van der Waals surface area (Å²) in [5.74, 6) is 0.286. The molecule has 2 heterocycles. The van der Waals surface area contributed by atoms with E-state index in [-0.39, 0.29) is 17.9 Å². The van der Waals surface area contributed by atoms with Gasteiger partial charge in [-0.25, -0.2) is 0 Å². The van der Waals surface area contributed by atoms with Crippen LogP contribution in [0.25, 0.3) is 6.08 Å². The zero-order chi connectivity index (χ0) is 22.5. The molecule has 3 rings (SSSR count). The maximum absolute atomic E-state index is 12.8. The Morgan fingerprint density at radius 2 is 1.94 bits per heavy atom. The molecule has 2 aliphatic heterocycles. The summed E-state index contributed by atoms with van der Waals surface area (Å²) in [6, 6.07) is 4.68. The molecule has 3 atom stereocenters. The van der Waals surface area contributed by atoms with Gasteiger partial charge in [0.15, 0.2) is 0 Å². The average Bonchev–Trinajstić information content (AvgIpc) is 2.71. The lowest BCUT2D eigenvalue weighted by Gasteiger charge is -2.39. The zero-order valence-corrected chi connectivity index (χ0v) is 19.6. The van der Waals surface area contributed by atoms with Crippen LogP contribution in [0.15, 0.2) is 24.3 Å². The van der Waals surface area contributed by atoms with E-state index in [9.17, 15) is 14.7 Å². The van der Waals surface area contributed by atoms with E-state index in [0.29, 0.717) is 42.1 Å². The molecule has 0 saturated carbocycles. The third-order valence-corrected chi connectivity index (χ3v) is 6.75. The summed E-state index contributed by atoms with van der Waals surface area (Å²) in [5, 5.41) is 10.8. The molecule has 1 unspecified atom stereocenters. The van der Waals surface area contributed by atoms with E-state index < -0.39 is 6.04 Å². The molecular formula is C23H31Cl2N3O3. The van der Waals surface area contributed by atoms with Crippen LogP contribution in [0.4, 0.5) is 0 Å². The van der Waals surface area contributed by atoms with Crippen LogP contribution in [-0.4, -0.2) is 83.0 Å². The van der Waals surface area contributed by atoms with Gasteiger partial charge in [0.25, 0.3) is 0 Å². The van der Waals surface area contributed by atoms with Crippen LogP contribution >= 0.6 is 23.2 Å². The minimum atomic E-state index is -0.489. The van der Waals surface area contributed by atoms with Crippen molar-refractivity contribution in [3.63, 3.8) is 0 Å². The predicted molar refractivity (Wildman–Crippen MR) is 124 cm³/mol. The Kier molecular flexibility index (Phi) is 8.39. The number of aliphatic hydroxyl groups is 1. The molecule has 0 aliphatic carbocycles. The summed E-state index contributed by atoms with van der Waals surface area (Å²) < 4.78 is 0. The van der Waals surface area contributed by atoms with E-state index in [1.165, 1.54) is 6.08 Å². The topological polar surface area (TPSA) is 64.1 Å². The van der Waals surface area contributed by atoms with Gasteiger partial charge in [-0.15, -0.1) is 0 Å². The second-order valence-corrected chi connectivity index (χ2v) is 9.46. The van der Waals surface area contributed by atoms with Crippen LogP contribution in [-0.2, 0) is 9.59 Å². The molecule has 0 bridgehead atoms. The fourth-order valence-electron chi connectivity index (χ4n) is 4.43. The average molecular weight is 468 g/mol. The molecule has 2 saturated heterocycles. The lowest BCUT2D eigenvalue weighted by atomic mass is 9.98. The number of hydrogen-bond donors (Lipinski definition) is 1. The number of piperazine rings is 1. The number of halogens is 2. The molecule has 31 heavy (non-hydrogen) atoms. The molecule has 1 aromatic rings. The standard InChI is InChI=1S/C23H31Cl2N3O3/c1-16-12-19(29)15-26(14-16)8-3-9-27-10-11-28(17(2)23(27)31)22(30)7-5-18-4-6-20(24)21(25)13-18/h4-7,13,16-17,19,29H,3,8-12,14-15H2,1-2H3/b7-5+/t16-,17?,19-/m0/s1. The Morgan fingerprint density at radius 3 is 2.65 bits per heavy atom. The summed E-state index contributed by atoms with van der Waals surface area (Å²) >= 11 is 11.9. The van der Waals surface area contributed by atoms with Crippen molar-refractivity contribution in [2.45, 2.75) is 38.8 Å². The van der Waals surface area contributed by atoms with Crippen molar-refractivity contribution in [3.05, 3.63) is 39.9 Å². The number of benzene rings is 1. The number of rotatable bonds is 6. The van der Waals surface area contributed by atoms with Crippen LogP contribution < -0.4 is 0 Å². The van der Waals surface area contributed by atoms with Gasteiger partial charge in [0.1, 0.15) is 6.04 Å². The van der Waals surface area contributed by atoms with Gasteiger partial charge in [-0.3, -0.25) is 9.59 Å². The van der Waals surface area contributed by atoms with Gasteiger partial charge in [-0.1, -0.05) is 36.2 Å². The first-order chi connectivity index (χ1) is 14.7.